The minimum Gasteiger partial charge on any atom is -0.462 e. The third-order valence-electron chi connectivity index (χ3n) is 4.96. The van der Waals surface area contributed by atoms with Crippen molar-refractivity contribution in [1.29, 1.82) is 0 Å². The van der Waals surface area contributed by atoms with Gasteiger partial charge in [0.1, 0.15) is 5.82 Å². The fraction of sp³-hybridized carbons (Fsp3) is 0.562. The van der Waals surface area contributed by atoms with Gasteiger partial charge >= 0.3 is 5.97 Å². The molecule has 0 aliphatic heterocycles. The number of nitrogens with two attached hydrogens (primary N) is 1. The number of ether oxygens (including phenoxy) is 1. The SMILES string of the molecule is CCOC(=O)c1cc(NC2C(C)(C)C2(C)C)c(F)cc1N. The monoisotopic (exact) mass is 294 g/mol. The lowest BCUT2D eigenvalue weighted by Crippen LogP contribution is -2.14. The third kappa shape index (κ3) is 2.45. The molecule has 1 fully saturated rings. The van der Waals surface area contributed by atoms with E-state index in [2.05, 4.69) is 33.0 Å². The Morgan fingerprint density at radius 2 is 1.90 bits per heavy atom. The number of nitrogen functional groups attached to an aromatic ring is 1. The van der Waals surface area contributed by atoms with Crippen molar-refractivity contribution in [2.75, 3.05) is 17.7 Å². The molecular weight excluding hydrogens is 271 g/mol. The quantitative estimate of drug-likeness (QED) is 0.659. The van der Waals surface area contributed by atoms with E-state index in [1.165, 1.54) is 6.07 Å². The van der Waals surface area contributed by atoms with Crippen molar-refractivity contribution < 1.29 is 13.9 Å². The van der Waals surface area contributed by atoms with E-state index >= 15 is 0 Å². The molecule has 0 heterocycles. The van der Waals surface area contributed by atoms with Gasteiger partial charge in [0.2, 0.25) is 0 Å². The molecule has 1 aliphatic rings. The fourth-order valence-corrected chi connectivity index (χ4v) is 2.80. The largest absolute Gasteiger partial charge is 0.462 e. The Hall–Kier alpha value is -1.78. The molecule has 21 heavy (non-hydrogen) atoms. The van der Waals surface area contributed by atoms with Crippen LogP contribution < -0.4 is 11.1 Å². The Labute approximate surface area is 124 Å². The number of nitrogens with one attached hydrogen (secondary N) is 1. The predicted octanol–water partition coefficient (Wildman–Crippen LogP) is 3.43. The molecule has 2 rings (SSSR count). The highest BCUT2D eigenvalue weighted by atomic mass is 19.1. The van der Waals surface area contributed by atoms with Gasteiger partial charge in [-0.3, -0.25) is 0 Å². The summed E-state index contributed by atoms with van der Waals surface area (Å²) < 4.78 is 19.0. The molecule has 0 bridgehead atoms. The zero-order valence-electron chi connectivity index (χ0n) is 13.2. The Balaban J connectivity index is 2.29. The van der Waals surface area contributed by atoms with Crippen LogP contribution in [0, 0.1) is 16.6 Å². The van der Waals surface area contributed by atoms with Crippen LogP contribution in [0.25, 0.3) is 0 Å². The number of rotatable bonds is 4. The molecule has 5 heteroatoms. The molecule has 3 N–H and O–H groups in total. The molecular formula is C16H23FN2O2. The zero-order valence-corrected chi connectivity index (χ0v) is 13.2. The maximum atomic E-state index is 14.1. The molecule has 0 amide bonds. The number of carbonyl (C=O) groups is 1. The van der Waals surface area contributed by atoms with Crippen molar-refractivity contribution in [3.05, 3.63) is 23.5 Å². The van der Waals surface area contributed by atoms with Crippen LogP contribution in [0.2, 0.25) is 0 Å². The van der Waals surface area contributed by atoms with Gasteiger partial charge in [0.25, 0.3) is 0 Å². The lowest BCUT2D eigenvalue weighted by atomic mass is 10.0. The van der Waals surface area contributed by atoms with E-state index in [1.54, 1.807) is 6.92 Å². The number of carbonyl (C=O) groups excluding carboxylic acids is 1. The van der Waals surface area contributed by atoms with Crippen molar-refractivity contribution in [1.82, 2.24) is 0 Å². The lowest BCUT2D eigenvalue weighted by Gasteiger charge is -2.13. The molecule has 1 aromatic rings. The molecule has 1 aromatic carbocycles. The first-order chi connectivity index (χ1) is 9.62. The summed E-state index contributed by atoms with van der Waals surface area (Å²) in [5.41, 5.74) is 6.40. The normalized spacial score (nSPS) is 19.1. The third-order valence-corrected chi connectivity index (χ3v) is 4.96. The van der Waals surface area contributed by atoms with Crippen molar-refractivity contribution in [2.24, 2.45) is 10.8 Å². The van der Waals surface area contributed by atoms with Crippen LogP contribution in [0.15, 0.2) is 12.1 Å². The van der Waals surface area contributed by atoms with Crippen LogP contribution in [0.5, 0.6) is 0 Å². The van der Waals surface area contributed by atoms with Crippen LogP contribution in [0.4, 0.5) is 15.8 Å². The van der Waals surface area contributed by atoms with E-state index in [4.69, 9.17) is 10.5 Å². The summed E-state index contributed by atoms with van der Waals surface area (Å²) in [6.45, 7) is 10.5. The molecule has 1 aliphatic carbocycles. The first kappa shape index (κ1) is 15.6. The van der Waals surface area contributed by atoms with E-state index in [0.29, 0.717) is 0 Å². The molecule has 0 spiro atoms. The summed E-state index contributed by atoms with van der Waals surface area (Å²) in [4.78, 5) is 11.8. The second kappa shape index (κ2) is 4.90. The van der Waals surface area contributed by atoms with Gasteiger partial charge in [-0.25, -0.2) is 9.18 Å². The van der Waals surface area contributed by atoms with Gasteiger partial charge in [0, 0.05) is 11.7 Å². The van der Waals surface area contributed by atoms with Crippen LogP contribution in [-0.4, -0.2) is 18.6 Å². The number of benzene rings is 1. The second-order valence-corrected chi connectivity index (χ2v) is 6.66. The summed E-state index contributed by atoms with van der Waals surface area (Å²) in [5, 5.41) is 3.19. The Morgan fingerprint density at radius 1 is 1.33 bits per heavy atom. The van der Waals surface area contributed by atoms with Gasteiger partial charge in [-0.2, -0.15) is 0 Å². The summed E-state index contributed by atoms with van der Waals surface area (Å²) >= 11 is 0. The molecule has 1 saturated carbocycles. The number of anilines is 2. The Bertz CT molecular complexity index is 568. The maximum absolute atomic E-state index is 14.1. The summed E-state index contributed by atoms with van der Waals surface area (Å²) in [7, 11) is 0. The van der Waals surface area contributed by atoms with Gasteiger partial charge in [-0.1, -0.05) is 27.7 Å². The maximum Gasteiger partial charge on any atom is 0.340 e. The van der Waals surface area contributed by atoms with Crippen LogP contribution >= 0.6 is 0 Å². The highest BCUT2D eigenvalue weighted by Gasteiger charge is 2.65. The minimum atomic E-state index is -0.535. The molecule has 0 aromatic heterocycles. The highest BCUT2D eigenvalue weighted by Crippen LogP contribution is 2.63. The van der Waals surface area contributed by atoms with Gasteiger partial charge in [-0.05, 0) is 29.9 Å². The van der Waals surface area contributed by atoms with Gasteiger partial charge in [-0.15, -0.1) is 0 Å². The Kier molecular flexibility index (Phi) is 3.64. The van der Waals surface area contributed by atoms with Crippen LogP contribution in [0.1, 0.15) is 45.0 Å². The molecule has 0 atom stereocenters. The Morgan fingerprint density at radius 3 is 2.38 bits per heavy atom. The zero-order chi connectivity index (χ0) is 16.0. The number of halogens is 1. The van der Waals surface area contributed by atoms with E-state index < -0.39 is 11.8 Å². The number of esters is 1. The van der Waals surface area contributed by atoms with Crippen LogP contribution in [-0.2, 0) is 4.74 Å². The van der Waals surface area contributed by atoms with Crippen molar-refractivity contribution in [3.8, 4) is 0 Å². The molecule has 4 nitrogen and oxygen atoms in total. The van der Waals surface area contributed by atoms with E-state index in [0.717, 1.165) is 6.07 Å². The summed E-state index contributed by atoms with van der Waals surface area (Å²) in [6.07, 6.45) is 0. The van der Waals surface area contributed by atoms with Crippen molar-refractivity contribution >= 4 is 17.3 Å². The van der Waals surface area contributed by atoms with Crippen molar-refractivity contribution in [2.45, 2.75) is 40.7 Å². The average molecular weight is 294 g/mol. The summed E-state index contributed by atoms with van der Waals surface area (Å²) in [5.74, 6) is -0.994. The van der Waals surface area contributed by atoms with Gasteiger partial charge < -0.3 is 15.8 Å². The van der Waals surface area contributed by atoms with E-state index in [9.17, 15) is 9.18 Å². The first-order valence-corrected chi connectivity index (χ1v) is 7.15. The van der Waals surface area contributed by atoms with Crippen LogP contribution in [0.3, 0.4) is 0 Å². The smallest absolute Gasteiger partial charge is 0.340 e. The van der Waals surface area contributed by atoms with E-state index in [1.807, 2.05) is 0 Å². The molecule has 0 unspecified atom stereocenters. The van der Waals surface area contributed by atoms with Crippen molar-refractivity contribution in [3.63, 3.8) is 0 Å². The molecule has 116 valence electrons. The topological polar surface area (TPSA) is 64.3 Å². The number of hydrogen-bond donors (Lipinski definition) is 2. The van der Waals surface area contributed by atoms with E-state index in [-0.39, 0.29) is 40.4 Å². The number of hydrogen-bond acceptors (Lipinski definition) is 4. The van der Waals surface area contributed by atoms with Gasteiger partial charge in [0.05, 0.1) is 17.9 Å². The minimum absolute atomic E-state index is 0.0604. The predicted molar refractivity (Wildman–Crippen MR) is 81.7 cm³/mol. The standard InChI is InChI=1S/C16H23FN2O2/c1-6-21-13(20)9-7-12(10(17)8-11(9)18)19-14-15(2,3)16(14,4)5/h7-8,14,19H,6,18H2,1-5H3. The first-order valence-electron chi connectivity index (χ1n) is 7.15. The second-order valence-electron chi connectivity index (χ2n) is 6.66. The average Bonchev–Trinajstić information content (AvgIpc) is 2.74. The molecule has 0 radical (unpaired) electrons. The lowest BCUT2D eigenvalue weighted by molar-refractivity contribution is 0.0527. The fourth-order valence-electron chi connectivity index (χ4n) is 2.80. The van der Waals surface area contributed by atoms with Gasteiger partial charge in [0.15, 0.2) is 0 Å². The summed E-state index contributed by atoms with van der Waals surface area (Å²) in [6, 6.07) is 2.74. The molecule has 0 saturated heterocycles. The highest BCUT2D eigenvalue weighted by molar-refractivity contribution is 5.96.